The van der Waals surface area contributed by atoms with Gasteiger partial charge in [-0.15, -0.1) is 0 Å². The number of anilines is 1. The number of aromatic nitrogens is 2. The number of piperidine rings is 1. The summed E-state index contributed by atoms with van der Waals surface area (Å²) in [7, 11) is 1.62. The highest BCUT2D eigenvalue weighted by atomic mass is 19.1. The van der Waals surface area contributed by atoms with Crippen molar-refractivity contribution in [1.82, 2.24) is 14.9 Å². The summed E-state index contributed by atoms with van der Waals surface area (Å²) in [6, 6.07) is 4.88. The standard InChI is InChI=1S/C26H33FN4O3/c1-33-22-16-28-26(29-17-22)31-10-5-18(6-11-31)23-13-19(23)7-12-34-21-4-3-20(24(27)15-21)14-25(32)30-8-2-9-30/h3-4,15-19,23H,2,5-14H2,1H3/t19-,23-/m1/s1. The Kier molecular flexibility index (Phi) is 6.83. The van der Waals surface area contributed by atoms with Gasteiger partial charge in [-0.05, 0) is 61.5 Å². The SMILES string of the molecule is COc1cnc(N2CCC([C@H]3C[C@H]3CCOc3ccc(CC(=O)N4CCC4)c(F)c3)CC2)nc1. The summed E-state index contributed by atoms with van der Waals surface area (Å²) in [6.45, 7) is 4.16. The lowest BCUT2D eigenvalue weighted by molar-refractivity contribution is -0.133. The van der Waals surface area contributed by atoms with Crippen molar-refractivity contribution in [2.45, 2.75) is 38.5 Å². The summed E-state index contributed by atoms with van der Waals surface area (Å²) >= 11 is 0. The molecule has 1 saturated carbocycles. The van der Waals surface area contributed by atoms with Gasteiger partial charge in [0.05, 0.1) is 32.5 Å². The van der Waals surface area contributed by atoms with Crippen LogP contribution in [0.25, 0.3) is 0 Å². The van der Waals surface area contributed by atoms with Crippen LogP contribution < -0.4 is 14.4 Å². The number of carbonyl (C=O) groups is 1. The minimum Gasteiger partial charge on any atom is -0.494 e. The summed E-state index contributed by atoms with van der Waals surface area (Å²) in [4.78, 5) is 24.9. The first-order chi connectivity index (χ1) is 16.6. The molecule has 2 saturated heterocycles. The smallest absolute Gasteiger partial charge is 0.227 e. The molecule has 0 spiro atoms. The first-order valence-electron chi connectivity index (χ1n) is 12.4. The molecule has 182 valence electrons. The largest absolute Gasteiger partial charge is 0.494 e. The van der Waals surface area contributed by atoms with Gasteiger partial charge in [0.15, 0.2) is 5.75 Å². The van der Waals surface area contributed by atoms with Gasteiger partial charge < -0.3 is 19.3 Å². The molecule has 7 nitrogen and oxygen atoms in total. The molecule has 8 heteroatoms. The number of methoxy groups -OCH3 is 1. The molecule has 34 heavy (non-hydrogen) atoms. The maximum Gasteiger partial charge on any atom is 0.227 e. The Labute approximate surface area is 200 Å². The molecule has 0 N–H and O–H groups in total. The number of benzene rings is 1. The Hall–Kier alpha value is -2.90. The highest BCUT2D eigenvalue weighted by molar-refractivity contribution is 5.79. The monoisotopic (exact) mass is 468 g/mol. The molecule has 3 fully saturated rings. The van der Waals surface area contributed by atoms with Gasteiger partial charge in [-0.3, -0.25) is 4.79 Å². The number of halogens is 1. The van der Waals surface area contributed by atoms with Crippen LogP contribution in [0.1, 0.15) is 37.7 Å². The van der Waals surface area contributed by atoms with Crippen LogP contribution in [0.4, 0.5) is 10.3 Å². The van der Waals surface area contributed by atoms with E-state index < -0.39 is 0 Å². The Morgan fingerprint density at radius 1 is 1.12 bits per heavy atom. The molecular formula is C26H33FN4O3. The van der Waals surface area contributed by atoms with Crippen LogP contribution in [-0.2, 0) is 11.2 Å². The number of rotatable bonds is 9. The maximum atomic E-state index is 14.4. The summed E-state index contributed by atoms with van der Waals surface area (Å²) in [5, 5.41) is 0. The van der Waals surface area contributed by atoms with Gasteiger partial charge in [0.25, 0.3) is 0 Å². The van der Waals surface area contributed by atoms with Crippen molar-refractivity contribution >= 4 is 11.9 Å². The first kappa shape index (κ1) is 22.9. The second-order valence-electron chi connectivity index (χ2n) is 9.71. The lowest BCUT2D eigenvalue weighted by Gasteiger charge is -2.32. The molecule has 1 aromatic heterocycles. The Morgan fingerprint density at radius 3 is 2.53 bits per heavy atom. The predicted molar refractivity (Wildman–Crippen MR) is 127 cm³/mol. The predicted octanol–water partition coefficient (Wildman–Crippen LogP) is 3.72. The molecule has 3 aliphatic rings. The number of ether oxygens (including phenoxy) is 2. The van der Waals surface area contributed by atoms with E-state index in [2.05, 4.69) is 14.9 Å². The van der Waals surface area contributed by atoms with E-state index in [0.717, 1.165) is 56.8 Å². The number of nitrogens with zero attached hydrogens (tertiary/aromatic N) is 4. The number of hydrogen-bond acceptors (Lipinski definition) is 6. The number of amides is 1. The molecule has 0 bridgehead atoms. The summed E-state index contributed by atoms with van der Waals surface area (Å²) < 4.78 is 25.4. The topological polar surface area (TPSA) is 67.8 Å². The molecule has 0 unspecified atom stereocenters. The van der Waals surface area contributed by atoms with Crippen LogP contribution in [0.2, 0.25) is 0 Å². The lowest BCUT2D eigenvalue weighted by atomic mass is 9.90. The first-order valence-corrected chi connectivity index (χ1v) is 12.4. The molecule has 2 atom stereocenters. The van der Waals surface area contributed by atoms with Crippen LogP contribution in [-0.4, -0.2) is 60.7 Å². The van der Waals surface area contributed by atoms with E-state index >= 15 is 0 Å². The number of likely N-dealkylation sites (tertiary alicyclic amines) is 1. The van der Waals surface area contributed by atoms with E-state index in [9.17, 15) is 9.18 Å². The fraction of sp³-hybridized carbons (Fsp3) is 0.577. The molecule has 5 rings (SSSR count). The van der Waals surface area contributed by atoms with Crippen molar-refractivity contribution in [2.75, 3.05) is 44.8 Å². The van der Waals surface area contributed by atoms with Crippen molar-refractivity contribution in [3.8, 4) is 11.5 Å². The Bertz CT molecular complexity index is 990. The second kappa shape index (κ2) is 10.2. The fourth-order valence-corrected chi connectivity index (χ4v) is 5.22. The van der Waals surface area contributed by atoms with Gasteiger partial charge in [0, 0.05) is 32.2 Å². The van der Waals surface area contributed by atoms with Crippen LogP contribution in [0, 0.1) is 23.6 Å². The van der Waals surface area contributed by atoms with E-state index in [1.165, 1.54) is 25.3 Å². The average Bonchev–Trinajstić information content (AvgIpc) is 3.59. The van der Waals surface area contributed by atoms with Crippen LogP contribution in [0.3, 0.4) is 0 Å². The zero-order valence-electron chi connectivity index (χ0n) is 19.8. The molecule has 3 heterocycles. The molecule has 1 aliphatic carbocycles. The number of carbonyl (C=O) groups excluding carboxylic acids is 1. The number of hydrogen-bond donors (Lipinski definition) is 0. The van der Waals surface area contributed by atoms with Crippen molar-refractivity contribution in [3.05, 3.63) is 42.0 Å². The summed E-state index contributed by atoms with van der Waals surface area (Å²) in [5.41, 5.74) is 0.442. The van der Waals surface area contributed by atoms with Crippen LogP contribution in [0.5, 0.6) is 11.5 Å². The van der Waals surface area contributed by atoms with Crippen molar-refractivity contribution in [2.24, 2.45) is 17.8 Å². The molecular weight excluding hydrogens is 435 g/mol. The zero-order chi connectivity index (χ0) is 23.5. The maximum absolute atomic E-state index is 14.4. The third-order valence-corrected chi connectivity index (χ3v) is 7.59. The third-order valence-electron chi connectivity index (χ3n) is 7.59. The van der Waals surface area contributed by atoms with Crippen molar-refractivity contribution < 1.29 is 18.7 Å². The van der Waals surface area contributed by atoms with Crippen molar-refractivity contribution in [3.63, 3.8) is 0 Å². The second-order valence-corrected chi connectivity index (χ2v) is 9.71. The Balaban J connectivity index is 1.02. The van der Waals surface area contributed by atoms with Gasteiger partial charge in [0.1, 0.15) is 11.6 Å². The van der Waals surface area contributed by atoms with Gasteiger partial charge >= 0.3 is 0 Å². The van der Waals surface area contributed by atoms with Crippen LogP contribution in [0.15, 0.2) is 30.6 Å². The highest BCUT2D eigenvalue weighted by Crippen LogP contribution is 2.49. The molecule has 1 amide bonds. The van der Waals surface area contributed by atoms with Gasteiger partial charge in [-0.1, -0.05) is 6.07 Å². The van der Waals surface area contributed by atoms with Crippen LogP contribution >= 0.6 is 0 Å². The Morgan fingerprint density at radius 2 is 1.88 bits per heavy atom. The molecule has 2 aliphatic heterocycles. The van der Waals surface area contributed by atoms with Crippen molar-refractivity contribution in [1.29, 1.82) is 0 Å². The highest BCUT2D eigenvalue weighted by Gasteiger charge is 2.43. The fourth-order valence-electron chi connectivity index (χ4n) is 5.22. The minimum atomic E-state index is -0.358. The minimum absolute atomic E-state index is 0.000882. The van der Waals surface area contributed by atoms with E-state index in [-0.39, 0.29) is 18.1 Å². The van der Waals surface area contributed by atoms with Gasteiger partial charge in [0.2, 0.25) is 11.9 Å². The normalized spacial score (nSPS) is 22.3. The van der Waals surface area contributed by atoms with E-state index in [4.69, 9.17) is 9.47 Å². The lowest BCUT2D eigenvalue weighted by Crippen LogP contribution is -2.42. The molecule has 2 aromatic rings. The quantitative estimate of drug-likeness (QED) is 0.559. The zero-order valence-corrected chi connectivity index (χ0v) is 19.8. The average molecular weight is 469 g/mol. The summed E-state index contributed by atoms with van der Waals surface area (Å²) in [6.07, 6.45) is 9.21. The van der Waals surface area contributed by atoms with Gasteiger partial charge in [-0.25, -0.2) is 14.4 Å². The van der Waals surface area contributed by atoms with E-state index in [1.54, 1.807) is 36.5 Å². The van der Waals surface area contributed by atoms with E-state index in [1.807, 2.05) is 0 Å². The third kappa shape index (κ3) is 5.26. The summed E-state index contributed by atoms with van der Waals surface area (Å²) in [5.74, 6) is 3.87. The van der Waals surface area contributed by atoms with E-state index in [0.29, 0.717) is 29.6 Å². The molecule has 0 radical (unpaired) electrons. The molecule has 1 aromatic carbocycles. The van der Waals surface area contributed by atoms with Gasteiger partial charge in [-0.2, -0.15) is 0 Å².